The van der Waals surface area contributed by atoms with Crippen LogP contribution in [0.3, 0.4) is 0 Å². The summed E-state index contributed by atoms with van der Waals surface area (Å²) in [6.07, 6.45) is 2.09. The number of hydrogen-bond donors (Lipinski definition) is 3. The second-order valence-corrected chi connectivity index (χ2v) is 5.25. The van der Waals surface area contributed by atoms with Crippen LogP contribution in [0, 0.1) is 0 Å². The van der Waals surface area contributed by atoms with E-state index in [9.17, 15) is 4.79 Å². The van der Waals surface area contributed by atoms with Crippen molar-refractivity contribution in [2.75, 3.05) is 11.9 Å². The Morgan fingerprint density at radius 3 is 2.60 bits per heavy atom. The zero-order valence-electron chi connectivity index (χ0n) is 12.1. The molecule has 5 nitrogen and oxygen atoms in total. The third-order valence-corrected chi connectivity index (χ3v) is 3.53. The first kappa shape index (κ1) is 14.8. The summed E-state index contributed by atoms with van der Waals surface area (Å²) < 4.78 is 5.46. The van der Waals surface area contributed by atoms with Crippen LogP contribution in [-0.2, 0) is 4.74 Å². The molecule has 1 aromatic carbocycles. The summed E-state index contributed by atoms with van der Waals surface area (Å²) in [6, 6.07) is 7.63. The average Bonchev–Trinajstić information content (AvgIpc) is 2.37. The van der Waals surface area contributed by atoms with Crippen molar-refractivity contribution >= 4 is 11.7 Å². The van der Waals surface area contributed by atoms with Gasteiger partial charge in [0.1, 0.15) is 0 Å². The van der Waals surface area contributed by atoms with Crippen LogP contribution in [0.2, 0.25) is 0 Å². The summed E-state index contributed by atoms with van der Waals surface area (Å²) in [5.41, 5.74) is 7.60. The first-order valence-corrected chi connectivity index (χ1v) is 7.13. The number of benzene rings is 1. The summed E-state index contributed by atoms with van der Waals surface area (Å²) in [4.78, 5) is 11.8. The van der Waals surface area contributed by atoms with Crippen LogP contribution < -0.4 is 16.4 Å². The van der Waals surface area contributed by atoms with Gasteiger partial charge in [-0.3, -0.25) is 0 Å². The molecule has 110 valence electrons. The lowest BCUT2D eigenvalue weighted by Gasteiger charge is -2.35. The molecule has 20 heavy (non-hydrogen) atoms. The number of ether oxygens (including phenoxy) is 1. The second kappa shape index (κ2) is 6.72. The monoisotopic (exact) mass is 277 g/mol. The Hall–Kier alpha value is -1.59. The predicted molar refractivity (Wildman–Crippen MR) is 79.6 cm³/mol. The molecule has 1 unspecified atom stereocenters. The van der Waals surface area contributed by atoms with Gasteiger partial charge in [0.2, 0.25) is 0 Å². The number of nitrogens with one attached hydrogen (secondary N) is 2. The van der Waals surface area contributed by atoms with Crippen molar-refractivity contribution in [3.05, 3.63) is 29.8 Å². The SMILES string of the molecule is CCOC1CC(NC(=O)Nc2ccc(C(C)N)cc2)C1. The van der Waals surface area contributed by atoms with Crippen LogP contribution in [0.1, 0.15) is 38.3 Å². The number of anilines is 1. The second-order valence-electron chi connectivity index (χ2n) is 5.25. The van der Waals surface area contributed by atoms with Crippen LogP contribution in [0.5, 0.6) is 0 Å². The van der Waals surface area contributed by atoms with E-state index >= 15 is 0 Å². The van der Waals surface area contributed by atoms with Crippen molar-refractivity contribution in [3.63, 3.8) is 0 Å². The summed E-state index contributed by atoms with van der Waals surface area (Å²) in [5.74, 6) is 0. The minimum atomic E-state index is -0.168. The molecule has 1 aliphatic rings. The number of nitrogens with two attached hydrogens (primary N) is 1. The summed E-state index contributed by atoms with van der Waals surface area (Å²) in [5, 5.41) is 5.76. The molecule has 1 aliphatic carbocycles. The first-order valence-electron chi connectivity index (χ1n) is 7.13. The van der Waals surface area contributed by atoms with Gasteiger partial charge in [0.25, 0.3) is 0 Å². The Kier molecular flexibility index (Phi) is 4.98. The van der Waals surface area contributed by atoms with E-state index in [1.165, 1.54) is 0 Å². The highest BCUT2D eigenvalue weighted by molar-refractivity contribution is 5.89. The van der Waals surface area contributed by atoms with E-state index in [0.29, 0.717) is 6.10 Å². The van der Waals surface area contributed by atoms with Gasteiger partial charge in [-0.25, -0.2) is 4.79 Å². The number of rotatable bonds is 5. The number of carbonyl (C=O) groups is 1. The number of hydrogen-bond acceptors (Lipinski definition) is 3. The molecule has 2 amide bonds. The zero-order chi connectivity index (χ0) is 14.5. The highest BCUT2D eigenvalue weighted by atomic mass is 16.5. The number of carbonyl (C=O) groups excluding carboxylic acids is 1. The molecule has 0 spiro atoms. The Morgan fingerprint density at radius 1 is 1.40 bits per heavy atom. The lowest BCUT2D eigenvalue weighted by atomic mass is 9.89. The van der Waals surface area contributed by atoms with E-state index in [0.717, 1.165) is 30.7 Å². The van der Waals surface area contributed by atoms with Gasteiger partial charge in [-0.05, 0) is 44.4 Å². The highest BCUT2D eigenvalue weighted by Gasteiger charge is 2.30. The molecule has 5 heteroatoms. The van der Waals surface area contributed by atoms with E-state index in [4.69, 9.17) is 10.5 Å². The molecular formula is C15H23N3O2. The largest absolute Gasteiger partial charge is 0.378 e. The van der Waals surface area contributed by atoms with E-state index in [-0.39, 0.29) is 18.1 Å². The van der Waals surface area contributed by atoms with Crippen LogP contribution >= 0.6 is 0 Å². The third-order valence-electron chi connectivity index (χ3n) is 3.53. The van der Waals surface area contributed by atoms with Gasteiger partial charge in [0.05, 0.1) is 6.10 Å². The predicted octanol–water partition coefficient (Wildman–Crippen LogP) is 2.40. The topological polar surface area (TPSA) is 76.4 Å². The Morgan fingerprint density at radius 2 is 2.05 bits per heavy atom. The molecule has 0 radical (unpaired) electrons. The molecule has 4 N–H and O–H groups in total. The maximum Gasteiger partial charge on any atom is 0.319 e. The van der Waals surface area contributed by atoms with Crippen molar-refractivity contribution < 1.29 is 9.53 Å². The smallest absolute Gasteiger partial charge is 0.319 e. The molecule has 0 saturated heterocycles. The minimum Gasteiger partial charge on any atom is -0.378 e. The maximum atomic E-state index is 11.8. The van der Waals surface area contributed by atoms with Crippen molar-refractivity contribution in [1.29, 1.82) is 0 Å². The lowest BCUT2D eigenvalue weighted by Crippen LogP contribution is -2.49. The van der Waals surface area contributed by atoms with Crippen molar-refractivity contribution in [2.24, 2.45) is 5.73 Å². The summed E-state index contributed by atoms with van der Waals surface area (Å²) in [6.45, 7) is 4.65. The van der Waals surface area contributed by atoms with Gasteiger partial charge < -0.3 is 21.1 Å². The normalized spacial score (nSPS) is 22.8. The van der Waals surface area contributed by atoms with E-state index in [1.54, 1.807) is 0 Å². The van der Waals surface area contributed by atoms with Crippen molar-refractivity contribution in [3.8, 4) is 0 Å². The zero-order valence-corrected chi connectivity index (χ0v) is 12.1. The van der Waals surface area contributed by atoms with E-state index in [2.05, 4.69) is 10.6 Å². The number of urea groups is 1. The highest BCUT2D eigenvalue weighted by Crippen LogP contribution is 2.23. The molecule has 0 bridgehead atoms. The molecule has 0 aliphatic heterocycles. The maximum absolute atomic E-state index is 11.8. The third kappa shape index (κ3) is 3.95. The Balaban J connectivity index is 1.75. The van der Waals surface area contributed by atoms with Gasteiger partial charge in [-0.2, -0.15) is 0 Å². The summed E-state index contributed by atoms with van der Waals surface area (Å²) >= 11 is 0. The van der Waals surface area contributed by atoms with Gasteiger partial charge in [0.15, 0.2) is 0 Å². The Bertz CT molecular complexity index is 439. The van der Waals surface area contributed by atoms with Crippen molar-refractivity contribution in [1.82, 2.24) is 5.32 Å². The average molecular weight is 277 g/mol. The Labute approximate surface area is 119 Å². The standard InChI is InChI=1S/C15H23N3O2/c1-3-20-14-8-13(9-14)18-15(19)17-12-6-4-11(5-7-12)10(2)16/h4-7,10,13-14H,3,8-9,16H2,1-2H3,(H2,17,18,19). The van der Waals surface area contributed by atoms with E-state index in [1.807, 2.05) is 38.1 Å². The molecule has 0 heterocycles. The van der Waals surface area contributed by atoms with E-state index < -0.39 is 0 Å². The van der Waals surface area contributed by atoms with Crippen LogP contribution in [0.15, 0.2) is 24.3 Å². The molecule has 1 atom stereocenters. The lowest BCUT2D eigenvalue weighted by molar-refractivity contribution is -0.00673. The quantitative estimate of drug-likeness (QED) is 0.773. The summed E-state index contributed by atoms with van der Waals surface area (Å²) in [7, 11) is 0. The fourth-order valence-corrected chi connectivity index (χ4v) is 2.28. The van der Waals surface area contributed by atoms with Crippen LogP contribution in [0.25, 0.3) is 0 Å². The number of amides is 2. The van der Waals surface area contributed by atoms with Gasteiger partial charge >= 0.3 is 6.03 Å². The molecular weight excluding hydrogens is 254 g/mol. The fraction of sp³-hybridized carbons (Fsp3) is 0.533. The molecule has 1 fully saturated rings. The van der Waals surface area contributed by atoms with Crippen LogP contribution in [0.4, 0.5) is 10.5 Å². The molecule has 0 aromatic heterocycles. The molecule has 2 rings (SSSR count). The fourth-order valence-electron chi connectivity index (χ4n) is 2.28. The first-order chi connectivity index (χ1) is 9.58. The minimum absolute atomic E-state index is 0.00310. The molecule has 1 aromatic rings. The van der Waals surface area contributed by atoms with Gasteiger partial charge in [0, 0.05) is 24.4 Å². The molecule has 1 saturated carbocycles. The van der Waals surface area contributed by atoms with Gasteiger partial charge in [-0.1, -0.05) is 12.1 Å². The van der Waals surface area contributed by atoms with Gasteiger partial charge in [-0.15, -0.1) is 0 Å². The van der Waals surface area contributed by atoms with Crippen molar-refractivity contribution in [2.45, 2.75) is 44.9 Å². The van der Waals surface area contributed by atoms with Crippen LogP contribution in [-0.4, -0.2) is 24.8 Å².